The van der Waals surface area contributed by atoms with Crippen LogP contribution in [0.15, 0.2) is 28.5 Å². The number of rotatable bonds is 2. The Hall–Kier alpha value is -1.95. The zero-order chi connectivity index (χ0) is 14.8. The van der Waals surface area contributed by atoms with E-state index in [-0.39, 0.29) is 17.5 Å². The topological polar surface area (TPSA) is 66.1 Å². The molecule has 3 rings (SSSR count). The Morgan fingerprint density at radius 2 is 2.33 bits per heavy atom. The van der Waals surface area contributed by atoms with Gasteiger partial charge in [-0.25, -0.2) is 9.78 Å². The molecule has 5 nitrogen and oxygen atoms in total. The number of carbonyl (C=O) groups is 1. The van der Waals surface area contributed by atoms with E-state index >= 15 is 0 Å². The zero-order valence-corrected chi connectivity index (χ0v) is 12.7. The summed E-state index contributed by atoms with van der Waals surface area (Å²) in [6, 6.07) is 3.80. The van der Waals surface area contributed by atoms with Crippen LogP contribution in [0.2, 0.25) is 0 Å². The van der Waals surface area contributed by atoms with Gasteiger partial charge in [0.2, 0.25) is 0 Å². The first-order valence-electron chi connectivity index (χ1n) is 7.04. The van der Waals surface area contributed by atoms with Crippen LogP contribution < -0.4 is 5.69 Å². The van der Waals surface area contributed by atoms with Gasteiger partial charge in [0.1, 0.15) is 0 Å². The van der Waals surface area contributed by atoms with Crippen molar-refractivity contribution in [2.24, 2.45) is 0 Å². The molecule has 1 atom stereocenters. The van der Waals surface area contributed by atoms with Crippen LogP contribution >= 0.6 is 11.3 Å². The highest BCUT2D eigenvalue weighted by molar-refractivity contribution is 7.12. The van der Waals surface area contributed by atoms with E-state index in [1.807, 2.05) is 29.3 Å². The zero-order valence-electron chi connectivity index (χ0n) is 11.8. The normalized spacial score (nSPS) is 18.7. The highest BCUT2D eigenvalue weighted by Crippen LogP contribution is 2.27. The van der Waals surface area contributed by atoms with E-state index in [0.29, 0.717) is 6.54 Å². The van der Waals surface area contributed by atoms with Gasteiger partial charge in [-0.2, -0.15) is 0 Å². The van der Waals surface area contributed by atoms with E-state index in [0.717, 1.165) is 35.5 Å². The molecule has 0 unspecified atom stereocenters. The summed E-state index contributed by atoms with van der Waals surface area (Å²) in [6.45, 7) is 3.39. The first kappa shape index (κ1) is 14.0. The second kappa shape index (κ2) is 5.81. The summed E-state index contributed by atoms with van der Waals surface area (Å²) in [5.74, 6) is 0.280. The van der Waals surface area contributed by atoms with Crippen molar-refractivity contribution in [3.63, 3.8) is 0 Å². The minimum absolute atomic E-state index is 0.101. The number of aryl methyl sites for hydroxylation is 1. The molecule has 1 saturated heterocycles. The number of hydrogen-bond acceptors (Lipinski definition) is 4. The average molecular weight is 303 g/mol. The quantitative estimate of drug-likeness (QED) is 0.924. The number of piperidine rings is 1. The summed E-state index contributed by atoms with van der Waals surface area (Å²) in [5.41, 5.74) is 1.57. The van der Waals surface area contributed by atoms with Gasteiger partial charge in [0.25, 0.3) is 5.91 Å². The highest BCUT2D eigenvalue weighted by Gasteiger charge is 2.27. The maximum atomic E-state index is 12.6. The van der Waals surface area contributed by atoms with Crippen LogP contribution in [-0.4, -0.2) is 33.9 Å². The van der Waals surface area contributed by atoms with E-state index in [4.69, 9.17) is 0 Å². The first-order valence-corrected chi connectivity index (χ1v) is 7.91. The number of nitrogens with zero attached hydrogens (tertiary/aromatic N) is 2. The van der Waals surface area contributed by atoms with Crippen LogP contribution in [0, 0.1) is 6.92 Å². The number of aromatic amines is 1. The molecular weight excluding hydrogens is 286 g/mol. The van der Waals surface area contributed by atoms with E-state index in [1.165, 1.54) is 17.5 Å². The molecule has 0 aliphatic carbocycles. The summed E-state index contributed by atoms with van der Waals surface area (Å²) in [4.78, 5) is 33.1. The Bertz CT molecular complexity index is 707. The standard InChI is InChI=1S/C15H17N3O2S/c1-10-5-8-21-13(10)14(19)18-7-2-3-11(9-18)12-4-6-16-15(20)17-12/h4-6,8,11H,2-3,7,9H2,1H3,(H,16,17,20)/t11-/m1/s1. The lowest BCUT2D eigenvalue weighted by Crippen LogP contribution is -2.39. The van der Waals surface area contributed by atoms with Gasteiger partial charge in [-0.15, -0.1) is 11.3 Å². The molecule has 3 heterocycles. The van der Waals surface area contributed by atoms with Crippen LogP contribution in [0.4, 0.5) is 0 Å². The maximum Gasteiger partial charge on any atom is 0.345 e. The van der Waals surface area contributed by atoms with Crippen LogP contribution in [0.3, 0.4) is 0 Å². The Morgan fingerprint density at radius 3 is 3.05 bits per heavy atom. The molecule has 110 valence electrons. The van der Waals surface area contributed by atoms with Gasteiger partial charge < -0.3 is 9.88 Å². The van der Waals surface area contributed by atoms with Crippen molar-refractivity contribution in [1.29, 1.82) is 0 Å². The SMILES string of the molecule is Cc1ccsc1C(=O)N1CCC[C@@H](c2ccnc(=O)[nH]2)C1. The third-order valence-electron chi connectivity index (χ3n) is 3.90. The molecule has 1 fully saturated rings. The lowest BCUT2D eigenvalue weighted by molar-refractivity contribution is 0.0710. The molecule has 2 aromatic heterocycles. The van der Waals surface area contributed by atoms with Crippen molar-refractivity contribution < 1.29 is 4.79 Å². The van der Waals surface area contributed by atoms with E-state index < -0.39 is 0 Å². The Balaban J connectivity index is 1.79. The smallest absolute Gasteiger partial charge is 0.337 e. The molecule has 1 amide bonds. The first-order chi connectivity index (χ1) is 10.1. The van der Waals surface area contributed by atoms with Gasteiger partial charge in [-0.3, -0.25) is 4.79 Å². The number of H-pyrrole nitrogens is 1. The van der Waals surface area contributed by atoms with Gasteiger partial charge in [-0.05, 0) is 42.8 Å². The number of aromatic nitrogens is 2. The van der Waals surface area contributed by atoms with Crippen molar-refractivity contribution in [3.8, 4) is 0 Å². The molecule has 1 aliphatic heterocycles. The average Bonchev–Trinajstić information content (AvgIpc) is 2.93. The summed E-state index contributed by atoms with van der Waals surface area (Å²) in [7, 11) is 0. The third kappa shape index (κ3) is 2.90. The predicted molar refractivity (Wildman–Crippen MR) is 81.8 cm³/mol. The Labute approximate surface area is 126 Å². The molecule has 1 N–H and O–H groups in total. The van der Waals surface area contributed by atoms with Gasteiger partial charge in [0, 0.05) is 30.9 Å². The van der Waals surface area contributed by atoms with Crippen LogP contribution in [0.5, 0.6) is 0 Å². The molecule has 0 saturated carbocycles. The molecule has 0 aromatic carbocycles. The van der Waals surface area contributed by atoms with Crippen molar-refractivity contribution >= 4 is 17.2 Å². The van der Waals surface area contributed by atoms with Crippen molar-refractivity contribution in [3.05, 3.63) is 50.3 Å². The number of thiophene rings is 1. The predicted octanol–water partition coefficient (Wildman–Crippen LogP) is 2.16. The third-order valence-corrected chi connectivity index (χ3v) is 4.91. The summed E-state index contributed by atoms with van der Waals surface area (Å²) in [6.07, 6.45) is 3.46. The Kier molecular flexibility index (Phi) is 3.88. The van der Waals surface area contributed by atoms with Crippen LogP contribution in [-0.2, 0) is 0 Å². The summed E-state index contributed by atoms with van der Waals surface area (Å²) < 4.78 is 0. The maximum absolute atomic E-state index is 12.6. The van der Waals surface area contributed by atoms with E-state index in [2.05, 4.69) is 9.97 Å². The van der Waals surface area contributed by atoms with Crippen LogP contribution in [0.1, 0.15) is 39.7 Å². The van der Waals surface area contributed by atoms with Gasteiger partial charge in [0.05, 0.1) is 4.88 Å². The monoisotopic (exact) mass is 303 g/mol. The number of amides is 1. The second-order valence-electron chi connectivity index (χ2n) is 5.35. The van der Waals surface area contributed by atoms with Gasteiger partial charge in [-0.1, -0.05) is 0 Å². The van der Waals surface area contributed by atoms with Crippen molar-refractivity contribution in [2.75, 3.05) is 13.1 Å². The van der Waals surface area contributed by atoms with Gasteiger partial charge in [0.15, 0.2) is 0 Å². The lowest BCUT2D eigenvalue weighted by atomic mass is 9.94. The van der Waals surface area contributed by atoms with Crippen molar-refractivity contribution in [1.82, 2.24) is 14.9 Å². The van der Waals surface area contributed by atoms with Crippen molar-refractivity contribution in [2.45, 2.75) is 25.7 Å². The molecule has 0 spiro atoms. The van der Waals surface area contributed by atoms with Crippen LogP contribution in [0.25, 0.3) is 0 Å². The number of carbonyl (C=O) groups excluding carboxylic acids is 1. The fourth-order valence-electron chi connectivity index (χ4n) is 2.77. The fraction of sp³-hybridized carbons (Fsp3) is 0.400. The molecule has 0 bridgehead atoms. The van der Waals surface area contributed by atoms with E-state index in [9.17, 15) is 9.59 Å². The number of likely N-dealkylation sites (tertiary alicyclic amines) is 1. The lowest BCUT2D eigenvalue weighted by Gasteiger charge is -2.32. The molecule has 21 heavy (non-hydrogen) atoms. The fourth-order valence-corrected chi connectivity index (χ4v) is 3.66. The minimum atomic E-state index is -0.329. The molecular formula is C15H17N3O2S. The number of nitrogens with one attached hydrogen (secondary N) is 1. The second-order valence-corrected chi connectivity index (χ2v) is 6.27. The molecule has 1 aliphatic rings. The molecule has 6 heteroatoms. The van der Waals surface area contributed by atoms with Gasteiger partial charge >= 0.3 is 5.69 Å². The Morgan fingerprint density at radius 1 is 1.48 bits per heavy atom. The molecule has 2 aromatic rings. The highest BCUT2D eigenvalue weighted by atomic mass is 32.1. The summed E-state index contributed by atoms with van der Waals surface area (Å²) in [5, 5.41) is 1.95. The largest absolute Gasteiger partial charge is 0.345 e. The molecule has 0 radical (unpaired) electrons. The number of hydrogen-bond donors (Lipinski definition) is 1. The minimum Gasteiger partial charge on any atom is -0.337 e. The van der Waals surface area contributed by atoms with E-state index in [1.54, 1.807) is 0 Å². The summed E-state index contributed by atoms with van der Waals surface area (Å²) >= 11 is 1.49.